The molecule has 0 heterocycles. The molecular weight excluding hydrogens is 221 g/mol. The van der Waals surface area contributed by atoms with Gasteiger partial charge in [0.2, 0.25) is 0 Å². The molecule has 2 N–H and O–H groups in total. The summed E-state index contributed by atoms with van der Waals surface area (Å²) >= 11 is 0. The van der Waals surface area contributed by atoms with Crippen LogP contribution in [-0.2, 0) is 10.4 Å². The molecule has 0 aliphatic heterocycles. The van der Waals surface area contributed by atoms with E-state index in [1.165, 1.54) is 18.2 Å². The first-order valence-corrected chi connectivity index (χ1v) is 4.32. The molecular formula is C6H6KNO4S. The van der Waals surface area contributed by atoms with Gasteiger partial charge in [0, 0.05) is 0 Å². The molecule has 0 amide bonds. The van der Waals surface area contributed by atoms with Crippen molar-refractivity contribution in [3.63, 3.8) is 0 Å². The summed E-state index contributed by atoms with van der Waals surface area (Å²) in [6.45, 7) is 0. The zero-order valence-electron chi connectivity index (χ0n) is 6.93. The molecule has 0 unspecified atom stereocenters. The topological polar surface area (TPSA) is 92.5 Å². The van der Waals surface area contributed by atoms with Gasteiger partial charge in [0.1, 0.15) is 0 Å². The minimum atomic E-state index is -4.73. The van der Waals surface area contributed by atoms with Gasteiger partial charge >= 0.3 is 51.4 Å². The van der Waals surface area contributed by atoms with Crippen molar-refractivity contribution >= 4 is 16.1 Å². The maximum Gasteiger partial charge on any atom is 1.00 e. The minimum absolute atomic E-state index is 0. The summed E-state index contributed by atoms with van der Waals surface area (Å²) in [6.07, 6.45) is 0. The van der Waals surface area contributed by atoms with Gasteiger partial charge in [0.25, 0.3) is 10.4 Å². The van der Waals surface area contributed by atoms with E-state index in [2.05, 4.69) is 4.18 Å². The number of hydrogen-bond donors (Lipinski definition) is 1. The normalized spacial score (nSPS) is 10.2. The molecule has 1 rings (SSSR count). The van der Waals surface area contributed by atoms with Crippen LogP contribution in [-0.4, -0.2) is 13.0 Å². The smallest absolute Gasteiger partial charge is 0.716 e. The number of hydrogen-bond acceptors (Lipinski definition) is 5. The number of anilines is 1. The number of benzene rings is 1. The summed E-state index contributed by atoms with van der Waals surface area (Å²) in [5, 5.41) is 0. The Labute approximate surface area is 119 Å². The van der Waals surface area contributed by atoms with E-state index in [0.29, 0.717) is 0 Å². The quantitative estimate of drug-likeness (QED) is 0.253. The summed E-state index contributed by atoms with van der Waals surface area (Å²) < 4.78 is 34.4. The summed E-state index contributed by atoms with van der Waals surface area (Å²) in [7, 11) is -4.73. The third-order valence-electron chi connectivity index (χ3n) is 1.11. The third-order valence-corrected chi connectivity index (χ3v) is 1.49. The number of rotatable bonds is 2. The molecule has 0 aromatic heterocycles. The molecule has 13 heavy (non-hydrogen) atoms. The fraction of sp³-hybridized carbons (Fsp3) is 0. The fourth-order valence-corrected chi connectivity index (χ4v) is 1.04. The van der Waals surface area contributed by atoms with Gasteiger partial charge < -0.3 is 14.5 Å². The molecule has 5 nitrogen and oxygen atoms in total. The van der Waals surface area contributed by atoms with Crippen molar-refractivity contribution in [2.45, 2.75) is 0 Å². The van der Waals surface area contributed by atoms with E-state index in [1.807, 2.05) is 0 Å². The van der Waals surface area contributed by atoms with E-state index in [0.717, 1.165) is 0 Å². The standard InChI is InChI=1S/C6H7NO4S.K/c7-5-3-1-2-4-6(5)11-12(8,9)10;/h1-4H,7H2,(H,8,9,10);/q;+1/p-1. The Morgan fingerprint density at radius 1 is 1.31 bits per heavy atom. The van der Waals surface area contributed by atoms with E-state index in [-0.39, 0.29) is 62.8 Å². The van der Waals surface area contributed by atoms with Crippen LogP contribution in [0.15, 0.2) is 24.3 Å². The second-order valence-corrected chi connectivity index (χ2v) is 3.01. The third kappa shape index (κ3) is 4.96. The Morgan fingerprint density at radius 2 is 1.85 bits per heavy atom. The summed E-state index contributed by atoms with van der Waals surface area (Å²) in [4.78, 5) is 0. The summed E-state index contributed by atoms with van der Waals surface area (Å²) in [5.74, 6) is -0.146. The zero-order valence-corrected chi connectivity index (χ0v) is 10.9. The maximum absolute atomic E-state index is 10.1. The van der Waals surface area contributed by atoms with Crippen LogP contribution in [0.25, 0.3) is 0 Å². The molecule has 0 radical (unpaired) electrons. The van der Waals surface area contributed by atoms with E-state index < -0.39 is 10.4 Å². The molecule has 0 bridgehead atoms. The van der Waals surface area contributed by atoms with Gasteiger partial charge in [-0.25, -0.2) is 8.42 Å². The molecule has 0 aliphatic rings. The van der Waals surface area contributed by atoms with Crippen molar-refractivity contribution in [3.05, 3.63) is 24.3 Å². The van der Waals surface area contributed by atoms with Gasteiger partial charge in [0.15, 0.2) is 5.75 Å². The fourth-order valence-electron chi connectivity index (χ4n) is 0.666. The van der Waals surface area contributed by atoms with Gasteiger partial charge in [-0.15, -0.1) is 0 Å². The van der Waals surface area contributed by atoms with Crippen LogP contribution in [0.4, 0.5) is 5.69 Å². The predicted molar refractivity (Wildman–Crippen MR) is 41.2 cm³/mol. The molecule has 0 saturated carbocycles. The molecule has 66 valence electrons. The molecule has 0 atom stereocenters. The van der Waals surface area contributed by atoms with Crippen LogP contribution < -0.4 is 61.3 Å². The van der Waals surface area contributed by atoms with Crippen molar-refractivity contribution in [3.8, 4) is 5.75 Å². The van der Waals surface area contributed by atoms with Crippen LogP contribution >= 0.6 is 0 Å². The Bertz CT molecular complexity index is 378. The minimum Gasteiger partial charge on any atom is -0.716 e. The van der Waals surface area contributed by atoms with Gasteiger partial charge in [-0.3, -0.25) is 0 Å². The molecule has 0 spiro atoms. The second kappa shape index (κ2) is 5.30. The van der Waals surface area contributed by atoms with Gasteiger partial charge in [-0.2, -0.15) is 0 Å². The van der Waals surface area contributed by atoms with E-state index in [9.17, 15) is 13.0 Å². The zero-order chi connectivity index (χ0) is 9.19. The van der Waals surface area contributed by atoms with E-state index in [1.54, 1.807) is 6.07 Å². The molecule has 0 fully saturated rings. The van der Waals surface area contributed by atoms with E-state index >= 15 is 0 Å². The number of nitrogen functional groups attached to an aromatic ring is 1. The van der Waals surface area contributed by atoms with E-state index in [4.69, 9.17) is 5.73 Å². The SMILES string of the molecule is Nc1ccccc1OS(=O)(=O)[O-].[K+]. The average Bonchev–Trinajstić information content (AvgIpc) is 1.91. The van der Waals surface area contributed by atoms with Crippen LogP contribution in [0.3, 0.4) is 0 Å². The van der Waals surface area contributed by atoms with Crippen LogP contribution in [0.5, 0.6) is 5.75 Å². The van der Waals surface area contributed by atoms with Crippen molar-refractivity contribution < 1.29 is 68.5 Å². The largest absolute Gasteiger partial charge is 1.00 e. The van der Waals surface area contributed by atoms with Gasteiger partial charge in [-0.05, 0) is 12.1 Å². The molecule has 1 aromatic carbocycles. The summed E-state index contributed by atoms with van der Waals surface area (Å²) in [6, 6.07) is 5.84. The molecule has 0 aliphatic carbocycles. The first-order chi connectivity index (χ1) is 5.49. The van der Waals surface area contributed by atoms with Crippen LogP contribution in [0.1, 0.15) is 0 Å². The average molecular weight is 227 g/mol. The maximum atomic E-state index is 10.1. The number of nitrogens with two attached hydrogens (primary N) is 1. The second-order valence-electron chi connectivity index (χ2n) is 2.03. The molecule has 7 heteroatoms. The summed E-state index contributed by atoms with van der Waals surface area (Å²) in [5.41, 5.74) is 5.41. The van der Waals surface area contributed by atoms with Crippen molar-refractivity contribution in [2.24, 2.45) is 0 Å². The Kier molecular flexibility index (Phi) is 5.45. The Balaban J connectivity index is 0.00000144. The van der Waals surface area contributed by atoms with Crippen molar-refractivity contribution in [2.75, 3.05) is 5.73 Å². The Morgan fingerprint density at radius 3 is 2.31 bits per heavy atom. The molecule has 0 saturated heterocycles. The van der Waals surface area contributed by atoms with Crippen molar-refractivity contribution in [1.82, 2.24) is 0 Å². The van der Waals surface area contributed by atoms with Crippen LogP contribution in [0.2, 0.25) is 0 Å². The first kappa shape index (κ1) is 13.4. The number of para-hydroxylation sites is 2. The predicted octanol–water partition coefficient (Wildman–Crippen LogP) is -2.89. The first-order valence-electron chi connectivity index (χ1n) is 2.99. The van der Waals surface area contributed by atoms with Gasteiger partial charge in [-0.1, -0.05) is 12.1 Å². The van der Waals surface area contributed by atoms with Gasteiger partial charge in [0.05, 0.1) is 5.69 Å². The van der Waals surface area contributed by atoms with Crippen LogP contribution in [0, 0.1) is 0 Å². The van der Waals surface area contributed by atoms with Crippen molar-refractivity contribution in [1.29, 1.82) is 0 Å². The molecule has 1 aromatic rings. The monoisotopic (exact) mass is 227 g/mol. The Hall–Kier alpha value is 0.366.